The van der Waals surface area contributed by atoms with Crippen molar-refractivity contribution in [2.45, 2.75) is 70.9 Å². The maximum atomic E-state index is 6.20. The zero-order valence-electron chi connectivity index (χ0n) is 11.3. The van der Waals surface area contributed by atoms with Crippen LogP contribution in [0.25, 0.3) is 0 Å². The summed E-state index contributed by atoms with van der Waals surface area (Å²) in [7, 11) is 0. The maximum absolute atomic E-state index is 6.20. The van der Waals surface area contributed by atoms with Crippen molar-refractivity contribution in [1.29, 1.82) is 0 Å². The molecule has 2 unspecified atom stereocenters. The Labute approximate surface area is 101 Å². The molecule has 1 heterocycles. The van der Waals surface area contributed by atoms with Gasteiger partial charge in [-0.25, -0.2) is 0 Å². The highest BCUT2D eigenvalue weighted by Crippen LogP contribution is 2.50. The molecule has 0 radical (unpaired) electrons. The molecule has 2 atom stereocenters. The van der Waals surface area contributed by atoms with Crippen LogP contribution in [0, 0.1) is 5.41 Å². The minimum atomic E-state index is 0.285. The van der Waals surface area contributed by atoms with Crippen molar-refractivity contribution in [2.75, 3.05) is 13.1 Å². The fourth-order valence-electron chi connectivity index (χ4n) is 4.16. The van der Waals surface area contributed by atoms with Crippen molar-refractivity contribution in [3.8, 4) is 0 Å². The van der Waals surface area contributed by atoms with Gasteiger partial charge in [0.25, 0.3) is 0 Å². The van der Waals surface area contributed by atoms with Gasteiger partial charge in [-0.1, -0.05) is 26.7 Å². The van der Waals surface area contributed by atoms with Crippen LogP contribution in [-0.4, -0.2) is 29.6 Å². The Morgan fingerprint density at radius 2 is 1.94 bits per heavy atom. The molecule has 94 valence electrons. The summed E-state index contributed by atoms with van der Waals surface area (Å²) in [6.45, 7) is 9.35. The molecule has 1 saturated carbocycles. The van der Waals surface area contributed by atoms with Crippen molar-refractivity contribution in [2.24, 2.45) is 11.1 Å². The fourth-order valence-corrected chi connectivity index (χ4v) is 4.16. The van der Waals surface area contributed by atoms with E-state index in [0.29, 0.717) is 5.41 Å². The Balaban J connectivity index is 2.26. The van der Waals surface area contributed by atoms with Crippen molar-refractivity contribution in [1.82, 2.24) is 4.90 Å². The predicted molar refractivity (Wildman–Crippen MR) is 69.4 cm³/mol. The molecule has 16 heavy (non-hydrogen) atoms. The molecule has 1 aliphatic heterocycles. The summed E-state index contributed by atoms with van der Waals surface area (Å²) in [4.78, 5) is 2.75. The van der Waals surface area contributed by atoms with Gasteiger partial charge in [0.05, 0.1) is 0 Å². The highest BCUT2D eigenvalue weighted by molar-refractivity contribution is 5.08. The third-order valence-electron chi connectivity index (χ3n) is 5.34. The normalized spacial score (nSPS) is 40.1. The fraction of sp³-hybridized carbons (Fsp3) is 1.00. The average molecular weight is 224 g/mol. The Kier molecular flexibility index (Phi) is 3.33. The number of nitrogens with zero attached hydrogens (tertiary/aromatic N) is 1. The summed E-state index contributed by atoms with van der Waals surface area (Å²) in [5, 5.41) is 0. The van der Waals surface area contributed by atoms with Gasteiger partial charge in [0.15, 0.2) is 0 Å². The lowest BCUT2D eigenvalue weighted by Gasteiger charge is -2.53. The van der Waals surface area contributed by atoms with E-state index in [2.05, 4.69) is 25.7 Å². The summed E-state index contributed by atoms with van der Waals surface area (Å²) in [5.41, 5.74) is 6.88. The minimum Gasteiger partial charge on any atom is -0.329 e. The molecule has 0 bridgehead atoms. The Hall–Kier alpha value is -0.0800. The van der Waals surface area contributed by atoms with Crippen molar-refractivity contribution in [3.05, 3.63) is 0 Å². The van der Waals surface area contributed by atoms with E-state index < -0.39 is 0 Å². The van der Waals surface area contributed by atoms with E-state index in [1.54, 1.807) is 0 Å². The number of piperidine rings is 1. The average Bonchev–Trinajstić information content (AvgIpc) is 2.55. The van der Waals surface area contributed by atoms with Crippen molar-refractivity contribution in [3.63, 3.8) is 0 Å². The lowest BCUT2D eigenvalue weighted by molar-refractivity contribution is -0.0307. The van der Waals surface area contributed by atoms with E-state index in [1.165, 1.54) is 45.1 Å². The molecule has 2 fully saturated rings. The standard InChI is InChI=1S/C14H28N2/c1-12-7-4-5-10-16(12)14(11-15)9-6-8-13(14,2)3/h12H,4-11,15H2,1-3H3. The van der Waals surface area contributed by atoms with Gasteiger partial charge in [-0.2, -0.15) is 0 Å². The monoisotopic (exact) mass is 224 g/mol. The summed E-state index contributed by atoms with van der Waals surface area (Å²) < 4.78 is 0. The van der Waals surface area contributed by atoms with Gasteiger partial charge in [-0.3, -0.25) is 4.90 Å². The van der Waals surface area contributed by atoms with E-state index in [-0.39, 0.29) is 5.54 Å². The lowest BCUT2D eigenvalue weighted by Crippen LogP contribution is -2.63. The number of nitrogens with two attached hydrogens (primary N) is 1. The number of hydrogen-bond acceptors (Lipinski definition) is 2. The highest BCUT2D eigenvalue weighted by atomic mass is 15.3. The topological polar surface area (TPSA) is 29.3 Å². The summed E-state index contributed by atoms with van der Waals surface area (Å²) in [5.74, 6) is 0. The third-order valence-corrected chi connectivity index (χ3v) is 5.34. The molecular weight excluding hydrogens is 196 g/mol. The van der Waals surface area contributed by atoms with Crippen LogP contribution in [0.15, 0.2) is 0 Å². The minimum absolute atomic E-state index is 0.285. The highest BCUT2D eigenvalue weighted by Gasteiger charge is 2.52. The number of rotatable bonds is 2. The zero-order chi connectivity index (χ0) is 11.8. The second-order valence-corrected chi connectivity index (χ2v) is 6.51. The predicted octanol–water partition coefficient (Wildman–Crippen LogP) is 2.77. The molecule has 1 saturated heterocycles. The zero-order valence-corrected chi connectivity index (χ0v) is 11.3. The quantitative estimate of drug-likeness (QED) is 0.781. The van der Waals surface area contributed by atoms with Gasteiger partial charge in [0, 0.05) is 18.1 Å². The first kappa shape index (κ1) is 12.4. The van der Waals surface area contributed by atoms with Gasteiger partial charge in [-0.15, -0.1) is 0 Å². The molecule has 0 amide bonds. The second kappa shape index (κ2) is 4.30. The van der Waals surface area contributed by atoms with E-state index in [4.69, 9.17) is 5.73 Å². The Morgan fingerprint density at radius 3 is 2.44 bits per heavy atom. The molecular formula is C14H28N2. The smallest absolute Gasteiger partial charge is 0.0385 e. The molecule has 2 rings (SSSR count). The molecule has 2 nitrogen and oxygen atoms in total. The van der Waals surface area contributed by atoms with Crippen LogP contribution in [0.3, 0.4) is 0 Å². The summed E-state index contributed by atoms with van der Waals surface area (Å²) in [6.07, 6.45) is 8.13. The molecule has 2 aliphatic rings. The van der Waals surface area contributed by atoms with Gasteiger partial charge >= 0.3 is 0 Å². The van der Waals surface area contributed by atoms with Crippen LogP contribution in [0.2, 0.25) is 0 Å². The van der Waals surface area contributed by atoms with Crippen LogP contribution in [-0.2, 0) is 0 Å². The van der Waals surface area contributed by atoms with Crippen LogP contribution in [0.1, 0.15) is 59.3 Å². The Morgan fingerprint density at radius 1 is 1.19 bits per heavy atom. The van der Waals surface area contributed by atoms with Gasteiger partial charge in [0.1, 0.15) is 0 Å². The van der Waals surface area contributed by atoms with Crippen LogP contribution in [0.4, 0.5) is 0 Å². The molecule has 1 aliphatic carbocycles. The van der Waals surface area contributed by atoms with E-state index in [1.807, 2.05) is 0 Å². The largest absolute Gasteiger partial charge is 0.329 e. The first-order valence-corrected chi connectivity index (χ1v) is 7.00. The van der Waals surface area contributed by atoms with E-state index in [0.717, 1.165) is 12.6 Å². The van der Waals surface area contributed by atoms with E-state index in [9.17, 15) is 0 Å². The molecule has 0 aromatic rings. The first-order chi connectivity index (χ1) is 7.53. The third kappa shape index (κ3) is 1.70. The van der Waals surface area contributed by atoms with Gasteiger partial charge in [0.2, 0.25) is 0 Å². The maximum Gasteiger partial charge on any atom is 0.0385 e. The van der Waals surface area contributed by atoms with E-state index >= 15 is 0 Å². The molecule has 0 aromatic heterocycles. The Bertz CT molecular complexity index is 249. The van der Waals surface area contributed by atoms with Crippen LogP contribution < -0.4 is 5.73 Å². The van der Waals surface area contributed by atoms with Crippen molar-refractivity contribution >= 4 is 0 Å². The lowest BCUT2D eigenvalue weighted by atomic mass is 9.72. The molecule has 2 heteroatoms. The summed E-state index contributed by atoms with van der Waals surface area (Å²) >= 11 is 0. The molecule has 0 aromatic carbocycles. The van der Waals surface area contributed by atoms with Gasteiger partial charge in [-0.05, 0) is 44.6 Å². The number of likely N-dealkylation sites (tertiary alicyclic amines) is 1. The molecule has 0 spiro atoms. The molecule has 2 N–H and O–H groups in total. The van der Waals surface area contributed by atoms with Crippen LogP contribution >= 0.6 is 0 Å². The van der Waals surface area contributed by atoms with Crippen LogP contribution in [0.5, 0.6) is 0 Å². The van der Waals surface area contributed by atoms with Crippen molar-refractivity contribution < 1.29 is 0 Å². The SMILES string of the molecule is CC1CCCCN1C1(CN)CCCC1(C)C. The van der Waals surface area contributed by atoms with Gasteiger partial charge < -0.3 is 5.73 Å². The summed E-state index contributed by atoms with van der Waals surface area (Å²) in [6, 6.07) is 0.731. The first-order valence-electron chi connectivity index (χ1n) is 7.00. The second-order valence-electron chi connectivity index (χ2n) is 6.51. The number of hydrogen-bond donors (Lipinski definition) is 1.